The lowest BCUT2D eigenvalue weighted by molar-refractivity contribution is 0.0435. The van der Waals surface area contributed by atoms with Crippen LogP contribution in [0.4, 0.5) is 0 Å². The summed E-state index contributed by atoms with van der Waals surface area (Å²) in [6.07, 6.45) is 3.87. The molecule has 0 amide bonds. The predicted molar refractivity (Wildman–Crippen MR) is 71.6 cm³/mol. The highest BCUT2D eigenvalue weighted by atomic mass is 35.5. The minimum Gasteiger partial charge on any atom is -0.488 e. The van der Waals surface area contributed by atoms with E-state index in [-0.39, 0.29) is 5.60 Å². The standard InChI is InChI=1S/C14H17ClN2O/c1-14(6-4-11(17)5-7-14)18-12-3-2-10(9-16)13(15)8-12/h2-3,8,11H,4-7,17H2,1H3. The van der Waals surface area contributed by atoms with Crippen LogP contribution in [0.15, 0.2) is 18.2 Å². The number of nitrogens with two attached hydrogens (primary N) is 1. The maximum absolute atomic E-state index is 8.82. The molecule has 0 atom stereocenters. The predicted octanol–water partition coefficient (Wildman–Crippen LogP) is 3.25. The number of ether oxygens (including phenoxy) is 1. The van der Waals surface area contributed by atoms with E-state index in [9.17, 15) is 0 Å². The van der Waals surface area contributed by atoms with Gasteiger partial charge < -0.3 is 10.5 Å². The molecule has 0 aromatic heterocycles. The van der Waals surface area contributed by atoms with Gasteiger partial charge >= 0.3 is 0 Å². The second-order valence-corrected chi connectivity index (χ2v) is 5.55. The fourth-order valence-corrected chi connectivity index (χ4v) is 2.50. The van der Waals surface area contributed by atoms with Crippen LogP contribution in [-0.4, -0.2) is 11.6 Å². The van der Waals surface area contributed by atoms with Crippen molar-refractivity contribution in [1.29, 1.82) is 5.26 Å². The van der Waals surface area contributed by atoms with Crippen molar-refractivity contribution in [2.45, 2.75) is 44.2 Å². The molecule has 0 radical (unpaired) electrons. The number of hydrogen-bond donors (Lipinski definition) is 1. The first-order valence-electron chi connectivity index (χ1n) is 6.17. The second-order valence-electron chi connectivity index (χ2n) is 5.14. The van der Waals surface area contributed by atoms with Gasteiger partial charge in [0.15, 0.2) is 0 Å². The Bertz CT molecular complexity index is 473. The first-order valence-corrected chi connectivity index (χ1v) is 6.54. The molecule has 1 fully saturated rings. The molecule has 0 unspecified atom stereocenters. The molecule has 3 nitrogen and oxygen atoms in total. The van der Waals surface area contributed by atoms with Crippen molar-refractivity contribution in [2.24, 2.45) is 5.73 Å². The lowest BCUT2D eigenvalue weighted by Gasteiger charge is -2.36. The molecule has 1 aromatic carbocycles. The number of nitrogens with zero attached hydrogens (tertiary/aromatic N) is 1. The molecule has 0 spiro atoms. The van der Waals surface area contributed by atoms with E-state index in [1.165, 1.54) is 0 Å². The van der Waals surface area contributed by atoms with Crippen molar-refractivity contribution >= 4 is 11.6 Å². The van der Waals surface area contributed by atoms with Crippen LogP contribution in [0.1, 0.15) is 38.2 Å². The highest BCUT2D eigenvalue weighted by Gasteiger charge is 2.31. The molecular weight excluding hydrogens is 248 g/mol. The van der Waals surface area contributed by atoms with Gasteiger partial charge in [0.1, 0.15) is 17.4 Å². The molecule has 18 heavy (non-hydrogen) atoms. The van der Waals surface area contributed by atoms with Crippen LogP contribution >= 0.6 is 11.6 Å². The summed E-state index contributed by atoms with van der Waals surface area (Å²) in [5.74, 6) is 0.719. The molecule has 1 aromatic rings. The van der Waals surface area contributed by atoms with Crippen LogP contribution in [0.25, 0.3) is 0 Å². The van der Waals surface area contributed by atoms with E-state index in [2.05, 4.69) is 6.92 Å². The summed E-state index contributed by atoms with van der Waals surface area (Å²) in [6.45, 7) is 2.10. The molecule has 0 aliphatic heterocycles. The Morgan fingerprint density at radius 1 is 1.44 bits per heavy atom. The normalized spacial score (nSPS) is 27.6. The lowest BCUT2D eigenvalue weighted by atomic mass is 9.84. The molecule has 1 aliphatic carbocycles. The van der Waals surface area contributed by atoms with Gasteiger partial charge in [0.2, 0.25) is 0 Å². The highest BCUT2D eigenvalue weighted by molar-refractivity contribution is 6.31. The van der Waals surface area contributed by atoms with E-state index in [1.54, 1.807) is 18.2 Å². The molecule has 2 N–H and O–H groups in total. The number of benzene rings is 1. The van der Waals surface area contributed by atoms with Gasteiger partial charge in [-0.2, -0.15) is 5.26 Å². The monoisotopic (exact) mass is 264 g/mol. The van der Waals surface area contributed by atoms with E-state index in [0.717, 1.165) is 31.4 Å². The van der Waals surface area contributed by atoms with E-state index in [1.807, 2.05) is 6.07 Å². The van der Waals surface area contributed by atoms with Crippen molar-refractivity contribution in [3.05, 3.63) is 28.8 Å². The average molecular weight is 265 g/mol. The van der Waals surface area contributed by atoms with E-state index >= 15 is 0 Å². The lowest BCUT2D eigenvalue weighted by Crippen LogP contribution is -2.40. The summed E-state index contributed by atoms with van der Waals surface area (Å²) < 4.78 is 6.02. The molecule has 4 heteroatoms. The Kier molecular flexibility index (Phi) is 3.79. The largest absolute Gasteiger partial charge is 0.488 e. The minimum absolute atomic E-state index is 0.173. The quantitative estimate of drug-likeness (QED) is 0.892. The van der Waals surface area contributed by atoms with E-state index < -0.39 is 0 Å². The van der Waals surface area contributed by atoms with Crippen molar-refractivity contribution in [1.82, 2.24) is 0 Å². The Labute approximate surface area is 112 Å². The van der Waals surface area contributed by atoms with Gasteiger partial charge in [0.05, 0.1) is 10.6 Å². The Balaban J connectivity index is 2.10. The molecule has 2 rings (SSSR count). The summed E-state index contributed by atoms with van der Waals surface area (Å²) in [6, 6.07) is 7.53. The summed E-state index contributed by atoms with van der Waals surface area (Å²) in [5, 5.41) is 9.26. The Morgan fingerprint density at radius 3 is 2.67 bits per heavy atom. The van der Waals surface area contributed by atoms with Gasteiger partial charge in [-0.05, 0) is 44.7 Å². The zero-order valence-corrected chi connectivity index (χ0v) is 11.2. The van der Waals surface area contributed by atoms with E-state index in [0.29, 0.717) is 16.6 Å². The zero-order chi connectivity index (χ0) is 13.2. The van der Waals surface area contributed by atoms with Crippen molar-refractivity contribution in [3.63, 3.8) is 0 Å². The number of rotatable bonds is 2. The Hall–Kier alpha value is -1.24. The third kappa shape index (κ3) is 2.95. The average Bonchev–Trinajstić information content (AvgIpc) is 2.34. The second kappa shape index (κ2) is 5.17. The molecule has 0 bridgehead atoms. The molecule has 1 aliphatic rings. The third-order valence-corrected chi connectivity index (χ3v) is 3.83. The Morgan fingerprint density at radius 2 is 2.11 bits per heavy atom. The number of halogens is 1. The van der Waals surface area contributed by atoms with Crippen LogP contribution in [0.2, 0.25) is 5.02 Å². The van der Waals surface area contributed by atoms with Gasteiger partial charge in [0, 0.05) is 12.1 Å². The van der Waals surface area contributed by atoms with Crippen LogP contribution in [-0.2, 0) is 0 Å². The molecule has 0 saturated heterocycles. The van der Waals surface area contributed by atoms with Crippen LogP contribution < -0.4 is 10.5 Å². The summed E-state index contributed by atoms with van der Waals surface area (Å²) >= 11 is 5.99. The first kappa shape index (κ1) is 13.2. The first-order chi connectivity index (χ1) is 8.52. The van der Waals surface area contributed by atoms with Crippen LogP contribution in [0, 0.1) is 11.3 Å². The maximum atomic E-state index is 8.82. The number of nitriles is 1. The van der Waals surface area contributed by atoms with Gasteiger partial charge in [-0.15, -0.1) is 0 Å². The molecule has 96 valence electrons. The van der Waals surface area contributed by atoms with Crippen molar-refractivity contribution < 1.29 is 4.74 Å². The topological polar surface area (TPSA) is 59.0 Å². The van der Waals surface area contributed by atoms with Gasteiger partial charge in [-0.3, -0.25) is 0 Å². The molecule has 1 saturated carbocycles. The fourth-order valence-electron chi connectivity index (χ4n) is 2.29. The number of hydrogen-bond acceptors (Lipinski definition) is 3. The summed E-state index contributed by atoms with van der Waals surface area (Å²) in [4.78, 5) is 0. The van der Waals surface area contributed by atoms with Crippen molar-refractivity contribution in [3.8, 4) is 11.8 Å². The molecular formula is C14H17ClN2O. The smallest absolute Gasteiger partial charge is 0.121 e. The van der Waals surface area contributed by atoms with E-state index in [4.69, 9.17) is 27.3 Å². The summed E-state index contributed by atoms with van der Waals surface area (Å²) in [5.41, 5.74) is 6.20. The van der Waals surface area contributed by atoms with Crippen LogP contribution in [0.3, 0.4) is 0 Å². The zero-order valence-electron chi connectivity index (χ0n) is 10.4. The minimum atomic E-state index is -0.173. The third-order valence-electron chi connectivity index (χ3n) is 3.51. The van der Waals surface area contributed by atoms with Crippen LogP contribution in [0.5, 0.6) is 5.75 Å². The highest BCUT2D eigenvalue weighted by Crippen LogP contribution is 2.33. The van der Waals surface area contributed by atoms with Gasteiger partial charge in [0.25, 0.3) is 0 Å². The molecule has 0 heterocycles. The van der Waals surface area contributed by atoms with Gasteiger partial charge in [-0.1, -0.05) is 11.6 Å². The SMILES string of the molecule is CC1(Oc2ccc(C#N)c(Cl)c2)CCC(N)CC1. The maximum Gasteiger partial charge on any atom is 0.121 e. The summed E-state index contributed by atoms with van der Waals surface area (Å²) in [7, 11) is 0. The fraction of sp³-hybridized carbons (Fsp3) is 0.500. The van der Waals surface area contributed by atoms with Gasteiger partial charge in [-0.25, -0.2) is 0 Å². The van der Waals surface area contributed by atoms with Crippen molar-refractivity contribution in [2.75, 3.05) is 0 Å².